The molecule has 0 bridgehead atoms. The number of ether oxygens (including phenoxy) is 1. The molecule has 3 nitrogen and oxygen atoms in total. The first-order chi connectivity index (χ1) is 7.70. The molecule has 1 aromatic carbocycles. The van der Waals surface area contributed by atoms with E-state index in [9.17, 15) is 0 Å². The zero-order valence-corrected chi connectivity index (χ0v) is 9.94. The van der Waals surface area contributed by atoms with Gasteiger partial charge in [0.05, 0.1) is 18.8 Å². The van der Waals surface area contributed by atoms with E-state index in [0.717, 1.165) is 36.7 Å². The fourth-order valence-electron chi connectivity index (χ4n) is 2.05. The van der Waals surface area contributed by atoms with Crippen LogP contribution in [0.2, 0.25) is 0 Å². The molecule has 1 N–H and O–H groups in total. The van der Waals surface area contributed by atoms with Crippen molar-refractivity contribution >= 4 is 5.69 Å². The van der Waals surface area contributed by atoms with E-state index >= 15 is 0 Å². The Morgan fingerprint density at radius 1 is 1.44 bits per heavy atom. The molecule has 0 saturated carbocycles. The second kappa shape index (κ2) is 4.74. The minimum absolute atomic E-state index is 0.0703. The minimum atomic E-state index is 0.0703. The van der Waals surface area contributed by atoms with Crippen LogP contribution < -0.4 is 9.64 Å². The molecule has 0 atom stereocenters. The van der Waals surface area contributed by atoms with Crippen LogP contribution in [0, 0.1) is 5.92 Å². The molecule has 88 valence electrons. The summed E-state index contributed by atoms with van der Waals surface area (Å²) in [4.78, 5) is 2.35. The van der Waals surface area contributed by atoms with Crippen LogP contribution >= 0.6 is 0 Å². The highest BCUT2D eigenvalue weighted by Gasteiger charge is 2.18. The number of anilines is 1. The summed E-state index contributed by atoms with van der Waals surface area (Å²) in [7, 11) is 0. The van der Waals surface area contributed by atoms with Gasteiger partial charge in [0.15, 0.2) is 0 Å². The van der Waals surface area contributed by atoms with E-state index in [-0.39, 0.29) is 6.61 Å². The van der Waals surface area contributed by atoms with Crippen LogP contribution in [0.15, 0.2) is 18.2 Å². The van der Waals surface area contributed by atoms with E-state index < -0.39 is 0 Å². The Labute approximate surface area is 96.6 Å². The Bertz CT molecular complexity index is 363. The fourth-order valence-corrected chi connectivity index (χ4v) is 2.05. The standard InChI is InChI=1S/C13H19NO2/c1-10(2)8-14-5-6-16-13-7-11(9-15)3-4-12(13)14/h3-4,7,10,15H,5-6,8-9H2,1-2H3. The van der Waals surface area contributed by atoms with Gasteiger partial charge in [-0.05, 0) is 23.6 Å². The van der Waals surface area contributed by atoms with Crippen LogP contribution in [0.5, 0.6) is 5.75 Å². The van der Waals surface area contributed by atoms with Gasteiger partial charge in [0.2, 0.25) is 0 Å². The lowest BCUT2D eigenvalue weighted by atomic mass is 10.1. The van der Waals surface area contributed by atoms with Crippen molar-refractivity contribution in [2.45, 2.75) is 20.5 Å². The summed E-state index contributed by atoms with van der Waals surface area (Å²) in [5, 5.41) is 9.08. The molecule has 0 fully saturated rings. The Morgan fingerprint density at radius 3 is 2.94 bits per heavy atom. The third-order valence-electron chi connectivity index (χ3n) is 2.75. The van der Waals surface area contributed by atoms with Gasteiger partial charge in [0.25, 0.3) is 0 Å². The summed E-state index contributed by atoms with van der Waals surface area (Å²) in [6.45, 7) is 7.24. The molecule has 0 spiro atoms. The molecule has 16 heavy (non-hydrogen) atoms. The van der Waals surface area contributed by atoms with E-state index in [4.69, 9.17) is 9.84 Å². The van der Waals surface area contributed by atoms with Gasteiger partial charge in [-0.3, -0.25) is 0 Å². The SMILES string of the molecule is CC(C)CN1CCOc2cc(CO)ccc21. The lowest BCUT2D eigenvalue weighted by molar-refractivity contribution is 0.277. The first kappa shape index (κ1) is 11.3. The Hall–Kier alpha value is -1.22. The van der Waals surface area contributed by atoms with Crippen molar-refractivity contribution in [1.29, 1.82) is 0 Å². The molecule has 0 aromatic heterocycles. The van der Waals surface area contributed by atoms with Gasteiger partial charge in [0, 0.05) is 6.54 Å². The van der Waals surface area contributed by atoms with Gasteiger partial charge in [-0.1, -0.05) is 19.9 Å². The monoisotopic (exact) mass is 221 g/mol. The highest BCUT2D eigenvalue weighted by atomic mass is 16.5. The van der Waals surface area contributed by atoms with Gasteiger partial charge >= 0.3 is 0 Å². The van der Waals surface area contributed by atoms with Crippen LogP contribution in [-0.4, -0.2) is 24.8 Å². The number of hydrogen-bond donors (Lipinski definition) is 1. The van der Waals surface area contributed by atoms with Gasteiger partial charge in [-0.2, -0.15) is 0 Å². The van der Waals surface area contributed by atoms with Crippen LogP contribution in [-0.2, 0) is 6.61 Å². The van der Waals surface area contributed by atoms with E-state index in [1.165, 1.54) is 0 Å². The first-order valence-electron chi connectivity index (χ1n) is 5.82. The van der Waals surface area contributed by atoms with Gasteiger partial charge < -0.3 is 14.7 Å². The number of hydrogen-bond acceptors (Lipinski definition) is 3. The maximum absolute atomic E-state index is 9.08. The molecule has 3 heteroatoms. The predicted molar refractivity (Wildman–Crippen MR) is 64.9 cm³/mol. The van der Waals surface area contributed by atoms with E-state index in [0.29, 0.717) is 5.92 Å². The summed E-state index contributed by atoms with van der Waals surface area (Å²) in [5.41, 5.74) is 2.06. The number of fused-ring (bicyclic) bond motifs is 1. The number of aliphatic hydroxyl groups is 1. The molecule has 0 saturated heterocycles. The van der Waals surface area contributed by atoms with Crippen molar-refractivity contribution < 1.29 is 9.84 Å². The van der Waals surface area contributed by atoms with Crippen molar-refractivity contribution in [3.05, 3.63) is 23.8 Å². The van der Waals surface area contributed by atoms with Crippen molar-refractivity contribution in [1.82, 2.24) is 0 Å². The molecule has 1 aromatic rings. The molecule has 1 heterocycles. The smallest absolute Gasteiger partial charge is 0.143 e. The number of nitrogens with zero attached hydrogens (tertiary/aromatic N) is 1. The van der Waals surface area contributed by atoms with Crippen molar-refractivity contribution in [3.63, 3.8) is 0 Å². The Morgan fingerprint density at radius 2 is 2.25 bits per heavy atom. The average molecular weight is 221 g/mol. The summed E-state index contributed by atoms with van der Waals surface area (Å²) in [6.07, 6.45) is 0. The van der Waals surface area contributed by atoms with Crippen LogP contribution in [0.25, 0.3) is 0 Å². The highest BCUT2D eigenvalue weighted by molar-refractivity contribution is 5.61. The third kappa shape index (κ3) is 2.30. The van der Waals surface area contributed by atoms with Gasteiger partial charge in [0.1, 0.15) is 12.4 Å². The van der Waals surface area contributed by atoms with E-state index in [1.807, 2.05) is 18.2 Å². The molecular formula is C13H19NO2. The number of aliphatic hydroxyl groups excluding tert-OH is 1. The Kier molecular flexibility index (Phi) is 3.34. The second-order valence-corrected chi connectivity index (χ2v) is 4.65. The third-order valence-corrected chi connectivity index (χ3v) is 2.75. The quantitative estimate of drug-likeness (QED) is 0.847. The van der Waals surface area contributed by atoms with Crippen molar-refractivity contribution in [3.8, 4) is 5.75 Å². The molecule has 0 amide bonds. The molecule has 0 radical (unpaired) electrons. The van der Waals surface area contributed by atoms with Crippen LogP contribution in [0.4, 0.5) is 5.69 Å². The summed E-state index contributed by atoms with van der Waals surface area (Å²) >= 11 is 0. The maximum atomic E-state index is 9.08. The Balaban J connectivity index is 2.25. The van der Waals surface area contributed by atoms with Crippen LogP contribution in [0.1, 0.15) is 19.4 Å². The molecule has 2 rings (SSSR count). The number of benzene rings is 1. The summed E-state index contributed by atoms with van der Waals surface area (Å²) in [5.74, 6) is 1.54. The minimum Gasteiger partial charge on any atom is -0.490 e. The van der Waals surface area contributed by atoms with E-state index in [1.54, 1.807) is 0 Å². The van der Waals surface area contributed by atoms with Gasteiger partial charge in [-0.15, -0.1) is 0 Å². The summed E-state index contributed by atoms with van der Waals surface area (Å²) < 4.78 is 5.62. The topological polar surface area (TPSA) is 32.7 Å². The zero-order chi connectivity index (χ0) is 11.5. The maximum Gasteiger partial charge on any atom is 0.143 e. The normalized spacial score (nSPS) is 14.9. The largest absolute Gasteiger partial charge is 0.490 e. The highest BCUT2D eigenvalue weighted by Crippen LogP contribution is 2.32. The fraction of sp³-hybridized carbons (Fsp3) is 0.538. The van der Waals surface area contributed by atoms with Crippen LogP contribution in [0.3, 0.4) is 0 Å². The van der Waals surface area contributed by atoms with Gasteiger partial charge in [-0.25, -0.2) is 0 Å². The predicted octanol–water partition coefficient (Wildman–Crippen LogP) is 2.03. The lowest BCUT2D eigenvalue weighted by Gasteiger charge is -2.32. The lowest BCUT2D eigenvalue weighted by Crippen LogP contribution is -2.35. The summed E-state index contributed by atoms with van der Waals surface area (Å²) in [6, 6.07) is 5.94. The molecule has 0 aliphatic carbocycles. The molecule has 1 aliphatic rings. The molecule has 0 unspecified atom stereocenters. The number of rotatable bonds is 3. The zero-order valence-electron chi connectivity index (χ0n) is 9.94. The second-order valence-electron chi connectivity index (χ2n) is 4.65. The first-order valence-corrected chi connectivity index (χ1v) is 5.82. The molecular weight excluding hydrogens is 202 g/mol. The molecule has 1 aliphatic heterocycles. The van der Waals surface area contributed by atoms with Crippen molar-refractivity contribution in [2.75, 3.05) is 24.6 Å². The van der Waals surface area contributed by atoms with E-state index in [2.05, 4.69) is 18.7 Å². The average Bonchev–Trinajstić information content (AvgIpc) is 2.28. The van der Waals surface area contributed by atoms with Crippen molar-refractivity contribution in [2.24, 2.45) is 5.92 Å².